The summed E-state index contributed by atoms with van der Waals surface area (Å²) in [5, 5.41) is 9.84. The predicted octanol–water partition coefficient (Wildman–Crippen LogP) is 13.7. The molecule has 10 rings (SSSR count). The quantitative estimate of drug-likeness (QED) is 0.178. The zero-order chi connectivity index (χ0) is 32.3. The molecule has 0 bridgehead atoms. The Balaban J connectivity index is 1.14. The second-order valence-corrected chi connectivity index (χ2v) is 12.8. The third-order valence-corrected chi connectivity index (χ3v) is 10.1. The third kappa shape index (κ3) is 4.47. The Kier molecular flexibility index (Phi) is 6.25. The molecule has 9 aromatic carbocycles. The maximum Gasteiger partial charge on any atom is 0.135 e. The summed E-state index contributed by atoms with van der Waals surface area (Å²) in [7, 11) is 0. The zero-order valence-corrected chi connectivity index (χ0v) is 26.7. The first-order chi connectivity index (χ1) is 24.3. The van der Waals surface area contributed by atoms with Gasteiger partial charge in [0.25, 0.3) is 0 Å². The van der Waals surface area contributed by atoms with Crippen molar-refractivity contribution in [1.29, 1.82) is 0 Å². The molecule has 10 aromatic rings. The van der Waals surface area contributed by atoms with Crippen molar-refractivity contribution >= 4 is 54.3 Å². The lowest BCUT2D eigenvalue weighted by molar-refractivity contribution is 0.669. The van der Waals surface area contributed by atoms with E-state index in [4.69, 9.17) is 4.42 Å². The van der Waals surface area contributed by atoms with E-state index in [1.165, 1.54) is 76.8 Å². The van der Waals surface area contributed by atoms with Crippen LogP contribution in [0.25, 0.3) is 98.8 Å². The molecule has 0 unspecified atom stereocenters. The van der Waals surface area contributed by atoms with E-state index < -0.39 is 0 Å². The Bertz CT molecular complexity index is 2800. The molecular weight excluding hydrogens is 593 g/mol. The minimum Gasteiger partial charge on any atom is -0.456 e. The van der Waals surface area contributed by atoms with E-state index in [2.05, 4.69) is 170 Å². The van der Waals surface area contributed by atoms with Crippen LogP contribution in [-0.2, 0) is 0 Å². The molecule has 0 amide bonds. The summed E-state index contributed by atoms with van der Waals surface area (Å²) >= 11 is 0. The summed E-state index contributed by atoms with van der Waals surface area (Å²) in [6, 6.07) is 65.9. The molecule has 0 saturated carbocycles. The summed E-state index contributed by atoms with van der Waals surface area (Å²) in [5.74, 6) is 0. The fraction of sp³-hybridized carbons (Fsp3) is 0. The molecule has 0 spiro atoms. The number of hydrogen-bond donors (Lipinski definition) is 0. The first kappa shape index (κ1) is 27.7. The van der Waals surface area contributed by atoms with Gasteiger partial charge in [0.2, 0.25) is 0 Å². The van der Waals surface area contributed by atoms with Crippen LogP contribution in [-0.4, -0.2) is 0 Å². The number of rotatable bonds is 4. The number of furan rings is 1. The molecule has 228 valence electrons. The number of fused-ring (bicyclic) bond motifs is 6. The van der Waals surface area contributed by atoms with Gasteiger partial charge in [-0.15, -0.1) is 0 Å². The summed E-state index contributed by atoms with van der Waals surface area (Å²) in [5.41, 5.74) is 11.7. The average Bonchev–Trinajstić information content (AvgIpc) is 3.55. The van der Waals surface area contributed by atoms with Crippen LogP contribution in [0.3, 0.4) is 0 Å². The SMILES string of the molecule is c1ccc(-c2ccc3c(-c4c5ccccc5c(-c5ccc(-c6ccc7oc8ccccc8c7c6)cc5)c5ccccc45)cccc3c2)cc1. The number of hydrogen-bond acceptors (Lipinski definition) is 1. The second kappa shape index (κ2) is 11.1. The van der Waals surface area contributed by atoms with Gasteiger partial charge in [-0.1, -0.05) is 158 Å². The molecule has 0 fully saturated rings. The van der Waals surface area contributed by atoms with Crippen molar-refractivity contribution in [3.8, 4) is 44.5 Å². The lowest BCUT2D eigenvalue weighted by atomic mass is 9.84. The average molecular weight is 623 g/mol. The van der Waals surface area contributed by atoms with Crippen molar-refractivity contribution in [2.24, 2.45) is 0 Å². The highest BCUT2D eigenvalue weighted by molar-refractivity contribution is 6.23. The molecule has 0 saturated heterocycles. The highest BCUT2D eigenvalue weighted by atomic mass is 16.3. The Morgan fingerprint density at radius 2 is 0.796 bits per heavy atom. The van der Waals surface area contributed by atoms with Gasteiger partial charge in [-0.2, -0.15) is 0 Å². The Hall–Kier alpha value is -6.44. The summed E-state index contributed by atoms with van der Waals surface area (Å²) in [6.07, 6.45) is 0. The van der Waals surface area contributed by atoms with Crippen molar-refractivity contribution in [3.63, 3.8) is 0 Å². The Morgan fingerprint density at radius 3 is 1.53 bits per heavy atom. The van der Waals surface area contributed by atoms with Crippen LogP contribution < -0.4 is 0 Å². The smallest absolute Gasteiger partial charge is 0.135 e. The Morgan fingerprint density at radius 1 is 0.265 bits per heavy atom. The summed E-state index contributed by atoms with van der Waals surface area (Å²) in [6.45, 7) is 0. The molecule has 1 heteroatoms. The molecule has 49 heavy (non-hydrogen) atoms. The summed E-state index contributed by atoms with van der Waals surface area (Å²) < 4.78 is 6.09. The molecule has 1 aromatic heterocycles. The van der Waals surface area contributed by atoms with Crippen LogP contribution in [0.5, 0.6) is 0 Å². The molecular formula is C48H30O. The van der Waals surface area contributed by atoms with E-state index in [9.17, 15) is 0 Å². The molecule has 1 nitrogen and oxygen atoms in total. The number of para-hydroxylation sites is 1. The highest BCUT2D eigenvalue weighted by Crippen LogP contribution is 2.46. The van der Waals surface area contributed by atoms with Crippen LogP contribution >= 0.6 is 0 Å². The van der Waals surface area contributed by atoms with Crippen LogP contribution in [0.15, 0.2) is 186 Å². The lowest BCUT2D eigenvalue weighted by Gasteiger charge is -2.19. The second-order valence-electron chi connectivity index (χ2n) is 12.8. The molecule has 0 N–H and O–H groups in total. The van der Waals surface area contributed by atoms with Crippen molar-refractivity contribution in [3.05, 3.63) is 182 Å². The van der Waals surface area contributed by atoms with Crippen LogP contribution in [0.2, 0.25) is 0 Å². The van der Waals surface area contributed by atoms with E-state index in [0.717, 1.165) is 21.9 Å². The van der Waals surface area contributed by atoms with E-state index in [1.54, 1.807) is 0 Å². The maximum atomic E-state index is 6.09. The fourth-order valence-corrected chi connectivity index (χ4v) is 7.78. The highest BCUT2D eigenvalue weighted by Gasteiger charge is 2.18. The molecule has 0 aliphatic carbocycles. The van der Waals surface area contributed by atoms with Gasteiger partial charge in [-0.3, -0.25) is 0 Å². The van der Waals surface area contributed by atoms with Gasteiger partial charge in [0.05, 0.1) is 0 Å². The van der Waals surface area contributed by atoms with Crippen molar-refractivity contribution in [2.45, 2.75) is 0 Å². The van der Waals surface area contributed by atoms with E-state index in [1.807, 2.05) is 12.1 Å². The first-order valence-corrected chi connectivity index (χ1v) is 16.8. The topological polar surface area (TPSA) is 13.1 Å². The van der Waals surface area contributed by atoms with Crippen LogP contribution in [0.4, 0.5) is 0 Å². The van der Waals surface area contributed by atoms with Gasteiger partial charge >= 0.3 is 0 Å². The van der Waals surface area contributed by atoms with E-state index in [-0.39, 0.29) is 0 Å². The molecule has 0 radical (unpaired) electrons. The van der Waals surface area contributed by atoms with Crippen molar-refractivity contribution < 1.29 is 4.42 Å². The third-order valence-electron chi connectivity index (χ3n) is 10.1. The van der Waals surface area contributed by atoms with Crippen molar-refractivity contribution in [1.82, 2.24) is 0 Å². The standard InChI is InChI=1S/C48H30O/c1-2-11-31(12-3-1)34-25-27-37-36(29-34)13-10-19-39(37)48-42-17-6-4-15-40(42)47(41-16-5-7-18-43(41)48)33-23-21-32(22-24-33)35-26-28-46-44(30-35)38-14-8-9-20-45(38)49-46/h1-30H. The predicted molar refractivity (Wildman–Crippen MR) is 208 cm³/mol. The van der Waals surface area contributed by atoms with Crippen LogP contribution in [0, 0.1) is 0 Å². The first-order valence-electron chi connectivity index (χ1n) is 16.8. The van der Waals surface area contributed by atoms with Gasteiger partial charge in [0.15, 0.2) is 0 Å². The molecule has 0 aliphatic heterocycles. The normalized spacial score (nSPS) is 11.7. The molecule has 0 aliphatic rings. The minimum absolute atomic E-state index is 0.919. The van der Waals surface area contributed by atoms with Gasteiger partial charge < -0.3 is 4.42 Å². The monoisotopic (exact) mass is 622 g/mol. The van der Waals surface area contributed by atoms with E-state index >= 15 is 0 Å². The molecule has 1 heterocycles. The zero-order valence-electron chi connectivity index (χ0n) is 26.7. The van der Waals surface area contributed by atoms with E-state index in [0.29, 0.717) is 0 Å². The fourth-order valence-electron chi connectivity index (χ4n) is 7.78. The van der Waals surface area contributed by atoms with Gasteiger partial charge in [0, 0.05) is 10.8 Å². The maximum absolute atomic E-state index is 6.09. The lowest BCUT2D eigenvalue weighted by Crippen LogP contribution is -1.92. The Labute approximate surface area is 284 Å². The minimum atomic E-state index is 0.919. The van der Waals surface area contributed by atoms with Crippen LogP contribution in [0.1, 0.15) is 0 Å². The van der Waals surface area contributed by atoms with Gasteiger partial charge in [-0.25, -0.2) is 0 Å². The van der Waals surface area contributed by atoms with Crippen molar-refractivity contribution in [2.75, 3.05) is 0 Å². The molecule has 0 atom stereocenters. The van der Waals surface area contributed by atoms with Gasteiger partial charge in [0.1, 0.15) is 11.2 Å². The summed E-state index contributed by atoms with van der Waals surface area (Å²) in [4.78, 5) is 0. The van der Waals surface area contributed by atoms with Gasteiger partial charge in [-0.05, 0) is 101 Å². The largest absolute Gasteiger partial charge is 0.456 e. The number of benzene rings is 9.